The largest absolute Gasteiger partial charge is 0.493 e. The van der Waals surface area contributed by atoms with E-state index in [4.69, 9.17) is 18.9 Å². The monoisotopic (exact) mass is 387 g/mol. The summed E-state index contributed by atoms with van der Waals surface area (Å²) in [6, 6.07) is 8.92. The average molecular weight is 387 g/mol. The van der Waals surface area contributed by atoms with Crippen LogP contribution in [0.2, 0.25) is 0 Å². The van der Waals surface area contributed by atoms with Gasteiger partial charge in [-0.15, -0.1) is 0 Å². The molecule has 1 amide bonds. The summed E-state index contributed by atoms with van der Waals surface area (Å²) < 4.78 is 20.8. The lowest BCUT2D eigenvalue weighted by atomic mass is 10.1. The van der Waals surface area contributed by atoms with Crippen molar-refractivity contribution in [3.8, 4) is 17.2 Å². The number of ether oxygens (including phenoxy) is 4. The van der Waals surface area contributed by atoms with Crippen LogP contribution in [-0.4, -0.2) is 39.8 Å². The van der Waals surface area contributed by atoms with Crippen LogP contribution >= 0.6 is 0 Å². The van der Waals surface area contributed by atoms with Crippen molar-refractivity contribution in [3.05, 3.63) is 47.0 Å². The van der Waals surface area contributed by atoms with Crippen molar-refractivity contribution in [2.24, 2.45) is 0 Å². The highest BCUT2D eigenvalue weighted by Gasteiger charge is 2.16. The van der Waals surface area contributed by atoms with Crippen molar-refractivity contribution in [2.75, 3.05) is 33.3 Å². The summed E-state index contributed by atoms with van der Waals surface area (Å²) in [6.07, 6.45) is -0.0341. The number of anilines is 1. The first-order valence-electron chi connectivity index (χ1n) is 8.69. The zero-order valence-corrected chi connectivity index (χ0v) is 16.8. The standard InChI is InChI=1S/C21H25NO6/c1-13-6-7-16(8-14(13)2)22-19(23)12-28-20(24)11-15-9-17(25-3)21(27-5)18(10-15)26-4/h6-10H,11-12H2,1-5H3,(H,22,23). The van der Waals surface area contributed by atoms with Crippen LogP contribution in [0.1, 0.15) is 16.7 Å². The molecule has 2 aromatic rings. The molecule has 1 N–H and O–H groups in total. The number of carbonyl (C=O) groups excluding carboxylic acids is 2. The molecule has 0 radical (unpaired) electrons. The quantitative estimate of drug-likeness (QED) is 0.701. The van der Waals surface area contributed by atoms with E-state index >= 15 is 0 Å². The first-order valence-corrected chi connectivity index (χ1v) is 8.69. The minimum absolute atomic E-state index is 0.0341. The normalized spacial score (nSPS) is 10.2. The number of hydrogen-bond donors (Lipinski definition) is 1. The van der Waals surface area contributed by atoms with E-state index in [0.29, 0.717) is 28.5 Å². The maximum atomic E-state index is 12.1. The number of methoxy groups -OCH3 is 3. The summed E-state index contributed by atoms with van der Waals surface area (Å²) in [6.45, 7) is 3.59. The number of aryl methyl sites for hydroxylation is 2. The van der Waals surface area contributed by atoms with E-state index in [2.05, 4.69) is 5.32 Å². The molecule has 0 fully saturated rings. The fourth-order valence-corrected chi connectivity index (χ4v) is 2.62. The highest BCUT2D eigenvalue weighted by atomic mass is 16.5. The summed E-state index contributed by atoms with van der Waals surface area (Å²) in [4.78, 5) is 24.1. The fraction of sp³-hybridized carbons (Fsp3) is 0.333. The Hall–Kier alpha value is -3.22. The lowest BCUT2D eigenvalue weighted by Gasteiger charge is -2.14. The second kappa shape index (κ2) is 9.64. The third kappa shape index (κ3) is 5.39. The number of benzene rings is 2. The van der Waals surface area contributed by atoms with E-state index in [1.54, 1.807) is 18.2 Å². The van der Waals surface area contributed by atoms with Crippen LogP contribution in [-0.2, 0) is 20.7 Å². The topological polar surface area (TPSA) is 83.1 Å². The van der Waals surface area contributed by atoms with Crippen LogP contribution in [0.4, 0.5) is 5.69 Å². The van der Waals surface area contributed by atoms with Crippen molar-refractivity contribution in [1.82, 2.24) is 0 Å². The molecule has 2 rings (SSSR count). The summed E-state index contributed by atoms with van der Waals surface area (Å²) >= 11 is 0. The molecule has 0 aliphatic rings. The highest BCUT2D eigenvalue weighted by molar-refractivity contribution is 5.93. The number of rotatable bonds is 8. The molecule has 0 unspecified atom stereocenters. The summed E-state index contributed by atoms with van der Waals surface area (Å²) in [5, 5.41) is 2.71. The second-order valence-electron chi connectivity index (χ2n) is 6.22. The molecule has 2 aromatic carbocycles. The predicted octanol–water partition coefficient (Wildman–Crippen LogP) is 3.05. The average Bonchev–Trinajstić information content (AvgIpc) is 2.68. The van der Waals surface area contributed by atoms with Gasteiger partial charge in [-0.1, -0.05) is 6.07 Å². The Labute approximate surface area is 164 Å². The van der Waals surface area contributed by atoms with Gasteiger partial charge in [-0.05, 0) is 54.8 Å². The highest BCUT2D eigenvalue weighted by Crippen LogP contribution is 2.38. The van der Waals surface area contributed by atoms with E-state index in [9.17, 15) is 9.59 Å². The predicted molar refractivity (Wildman–Crippen MR) is 105 cm³/mol. The van der Waals surface area contributed by atoms with Crippen molar-refractivity contribution in [1.29, 1.82) is 0 Å². The summed E-state index contributed by atoms with van der Waals surface area (Å²) in [5.41, 5.74) is 3.48. The number of nitrogens with one attached hydrogen (secondary N) is 1. The van der Waals surface area contributed by atoms with Gasteiger partial charge in [0.1, 0.15) is 0 Å². The molecule has 0 saturated carbocycles. The first-order chi connectivity index (χ1) is 13.4. The van der Waals surface area contributed by atoms with Crippen molar-refractivity contribution < 1.29 is 28.5 Å². The van der Waals surface area contributed by atoms with Gasteiger partial charge in [0.05, 0.1) is 27.8 Å². The van der Waals surface area contributed by atoms with Gasteiger partial charge in [0, 0.05) is 5.69 Å². The molecule has 7 nitrogen and oxygen atoms in total. The molecule has 0 bridgehead atoms. The third-order valence-corrected chi connectivity index (χ3v) is 4.23. The van der Waals surface area contributed by atoms with Crippen LogP contribution in [0, 0.1) is 13.8 Å². The molecule has 0 saturated heterocycles. The van der Waals surface area contributed by atoms with E-state index in [1.165, 1.54) is 21.3 Å². The molecule has 0 spiro atoms. The van der Waals surface area contributed by atoms with Crippen LogP contribution in [0.25, 0.3) is 0 Å². The Kier molecular flexibility index (Phi) is 7.26. The molecule has 7 heteroatoms. The van der Waals surface area contributed by atoms with E-state index in [0.717, 1.165) is 11.1 Å². The molecule has 0 heterocycles. The van der Waals surface area contributed by atoms with E-state index in [-0.39, 0.29) is 13.0 Å². The maximum Gasteiger partial charge on any atom is 0.310 e. The zero-order chi connectivity index (χ0) is 20.7. The van der Waals surface area contributed by atoms with Gasteiger partial charge in [0.15, 0.2) is 18.1 Å². The van der Waals surface area contributed by atoms with Gasteiger partial charge in [-0.2, -0.15) is 0 Å². The number of carbonyl (C=O) groups is 2. The van der Waals surface area contributed by atoms with Crippen LogP contribution in [0.15, 0.2) is 30.3 Å². The molecule has 150 valence electrons. The minimum Gasteiger partial charge on any atom is -0.493 e. The van der Waals surface area contributed by atoms with Crippen molar-refractivity contribution in [3.63, 3.8) is 0 Å². The smallest absolute Gasteiger partial charge is 0.310 e. The molecule has 0 aromatic heterocycles. The molecule has 0 aliphatic carbocycles. The Morgan fingerprint density at radius 1 is 0.893 bits per heavy atom. The summed E-state index contributed by atoms with van der Waals surface area (Å²) in [5.74, 6) is 0.384. The Morgan fingerprint density at radius 3 is 2.07 bits per heavy atom. The Morgan fingerprint density at radius 2 is 1.54 bits per heavy atom. The lowest BCUT2D eigenvalue weighted by molar-refractivity contribution is -0.146. The zero-order valence-electron chi connectivity index (χ0n) is 16.8. The Bertz CT molecular complexity index is 837. The Balaban J connectivity index is 1.94. The van der Waals surface area contributed by atoms with Gasteiger partial charge >= 0.3 is 5.97 Å². The second-order valence-corrected chi connectivity index (χ2v) is 6.22. The van der Waals surface area contributed by atoms with E-state index in [1.807, 2.05) is 26.0 Å². The van der Waals surface area contributed by atoms with Gasteiger partial charge in [-0.25, -0.2) is 0 Å². The maximum absolute atomic E-state index is 12.1. The molecular formula is C21H25NO6. The summed E-state index contributed by atoms with van der Waals surface area (Å²) in [7, 11) is 4.50. The number of hydrogen-bond acceptors (Lipinski definition) is 6. The molecule has 0 aliphatic heterocycles. The van der Waals surface area contributed by atoms with Crippen molar-refractivity contribution >= 4 is 17.6 Å². The molecule has 0 atom stereocenters. The van der Waals surface area contributed by atoms with E-state index < -0.39 is 11.9 Å². The van der Waals surface area contributed by atoms with Crippen molar-refractivity contribution in [2.45, 2.75) is 20.3 Å². The van der Waals surface area contributed by atoms with Crippen LogP contribution in [0.3, 0.4) is 0 Å². The van der Waals surface area contributed by atoms with Crippen LogP contribution in [0.5, 0.6) is 17.2 Å². The SMILES string of the molecule is COc1cc(CC(=O)OCC(=O)Nc2ccc(C)c(C)c2)cc(OC)c1OC. The lowest BCUT2D eigenvalue weighted by Crippen LogP contribution is -2.21. The van der Waals surface area contributed by atoms with Gasteiger partial charge in [-0.3, -0.25) is 9.59 Å². The molecular weight excluding hydrogens is 362 g/mol. The number of amides is 1. The molecule has 28 heavy (non-hydrogen) atoms. The van der Waals surface area contributed by atoms with Gasteiger partial charge in [0.2, 0.25) is 5.75 Å². The van der Waals surface area contributed by atoms with Crippen LogP contribution < -0.4 is 19.5 Å². The fourth-order valence-electron chi connectivity index (χ4n) is 2.62. The first kappa shape index (κ1) is 21.1. The third-order valence-electron chi connectivity index (χ3n) is 4.23. The number of esters is 1. The minimum atomic E-state index is -0.537. The van der Waals surface area contributed by atoms with Gasteiger partial charge in [0.25, 0.3) is 5.91 Å². The van der Waals surface area contributed by atoms with Gasteiger partial charge < -0.3 is 24.3 Å².